The summed E-state index contributed by atoms with van der Waals surface area (Å²) >= 11 is 0. The number of likely N-dealkylation sites (N-methyl/N-ethyl adjacent to an activating group) is 1. The summed E-state index contributed by atoms with van der Waals surface area (Å²) in [6, 6.07) is 18.9. The highest BCUT2D eigenvalue weighted by Crippen LogP contribution is 2.38. The third-order valence-corrected chi connectivity index (χ3v) is 5.89. The van der Waals surface area contributed by atoms with Crippen LogP contribution < -0.4 is 9.64 Å². The first-order valence-electron chi connectivity index (χ1n) is 11.5. The number of ether oxygens (including phenoxy) is 1. The van der Waals surface area contributed by atoms with E-state index in [1.165, 1.54) is 17.0 Å². The second kappa shape index (κ2) is 10.3. The van der Waals surface area contributed by atoms with Gasteiger partial charge in [0.15, 0.2) is 0 Å². The van der Waals surface area contributed by atoms with Crippen LogP contribution >= 0.6 is 0 Å². The maximum Gasteiger partial charge on any atom is 0.416 e. The molecule has 0 spiro atoms. The lowest BCUT2D eigenvalue weighted by Gasteiger charge is -2.19. The predicted octanol–water partition coefficient (Wildman–Crippen LogP) is 6.23. The minimum Gasteiger partial charge on any atom is -0.492 e. The average Bonchev–Trinajstić information content (AvgIpc) is 3.13. The van der Waals surface area contributed by atoms with Crippen molar-refractivity contribution in [2.24, 2.45) is 4.99 Å². The summed E-state index contributed by atoms with van der Waals surface area (Å²) < 4.78 is 45.2. The third-order valence-electron chi connectivity index (χ3n) is 5.89. The van der Waals surface area contributed by atoms with Gasteiger partial charge in [-0.3, -0.25) is 9.69 Å². The number of hydrogen-bond acceptors (Lipinski definition) is 4. The minimum atomic E-state index is -4.49. The predicted molar refractivity (Wildman–Crippen MR) is 131 cm³/mol. The zero-order valence-corrected chi connectivity index (χ0v) is 19.5. The van der Waals surface area contributed by atoms with Gasteiger partial charge in [0.2, 0.25) is 0 Å². The van der Waals surface area contributed by atoms with E-state index in [2.05, 4.69) is 23.7 Å². The van der Waals surface area contributed by atoms with Gasteiger partial charge in [-0.05, 0) is 61.6 Å². The fraction of sp³-hybridized carbons (Fsp3) is 0.259. The normalized spacial score (nSPS) is 14.6. The fourth-order valence-electron chi connectivity index (χ4n) is 3.97. The quantitative estimate of drug-likeness (QED) is 0.383. The lowest BCUT2D eigenvalue weighted by molar-refractivity contribution is -0.137. The van der Waals surface area contributed by atoms with Gasteiger partial charge in [-0.1, -0.05) is 38.1 Å². The van der Waals surface area contributed by atoms with Gasteiger partial charge in [0.05, 0.1) is 16.9 Å². The molecule has 0 saturated carbocycles. The zero-order chi connectivity index (χ0) is 25.0. The van der Waals surface area contributed by atoms with Gasteiger partial charge in [-0.25, -0.2) is 4.99 Å². The number of amides is 1. The van der Waals surface area contributed by atoms with E-state index in [0.29, 0.717) is 29.3 Å². The molecule has 0 bridgehead atoms. The van der Waals surface area contributed by atoms with Crippen LogP contribution in [0.3, 0.4) is 0 Å². The Hall–Kier alpha value is -3.65. The Balaban J connectivity index is 1.59. The standard InChI is InChI=1S/C27H26F3N3O2/c1-3-32(4-2)16-17-35-22-14-12-21(13-15-22)33-24-11-6-5-10-23(24)25(26(33)34)31-20-9-7-8-19(18-20)27(28,29)30/h5-15,18H,3-4,16-17H2,1-2H3. The molecule has 4 rings (SSSR count). The first-order chi connectivity index (χ1) is 16.8. The number of halogens is 3. The van der Waals surface area contributed by atoms with E-state index in [1.807, 2.05) is 0 Å². The molecule has 0 unspecified atom stereocenters. The largest absolute Gasteiger partial charge is 0.492 e. The van der Waals surface area contributed by atoms with E-state index in [4.69, 9.17) is 4.74 Å². The Morgan fingerprint density at radius 3 is 2.34 bits per heavy atom. The van der Waals surface area contributed by atoms with Gasteiger partial charge in [0, 0.05) is 17.8 Å². The summed E-state index contributed by atoms with van der Waals surface area (Å²) in [6.07, 6.45) is -4.49. The van der Waals surface area contributed by atoms with Crippen molar-refractivity contribution in [1.82, 2.24) is 4.90 Å². The van der Waals surface area contributed by atoms with Crippen LogP contribution in [0.5, 0.6) is 5.75 Å². The van der Waals surface area contributed by atoms with Crippen molar-refractivity contribution < 1.29 is 22.7 Å². The van der Waals surface area contributed by atoms with Crippen LogP contribution in [-0.4, -0.2) is 42.8 Å². The molecule has 0 saturated heterocycles. The summed E-state index contributed by atoms with van der Waals surface area (Å²) in [4.78, 5) is 21.5. The molecule has 1 aliphatic heterocycles. The molecule has 182 valence electrons. The Labute approximate surface area is 202 Å². The number of hydrogen-bond donors (Lipinski definition) is 0. The van der Waals surface area contributed by atoms with Crippen molar-refractivity contribution in [1.29, 1.82) is 0 Å². The van der Waals surface area contributed by atoms with E-state index in [0.717, 1.165) is 31.8 Å². The smallest absolute Gasteiger partial charge is 0.416 e. The summed E-state index contributed by atoms with van der Waals surface area (Å²) in [6.45, 7) is 7.50. The van der Waals surface area contributed by atoms with Gasteiger partial charge >= 0.3 is 6.18 Å². The maximum absolute atomic E-state index is 13.4. The number of fused-ring (bicyclic) bond motifs is 1. The topological polar surface area (TPSA) is 45.1 Å². The molecule has 0 N–H and O–H groups in total. The Kier molecular flexibility index (Phi) is 7.21. The van der Waals surface area contributed by atoms with E-state index < -0.39 is 17.6 Å². The van der Waals surface area contributed by atoms with Crippen LogP contribution in [0.25, 0.3) is 0 Å². The number of benzene rings is 3. The average molecular weight is 482 g/mol. The Morgan fingerprint density at radius 1 is 0.943 bits per heavy atom. The molecule has 3 aromatic carbocycles. The van der Waals surface area contributed by atoms with Crippen LogP contribution in [0, 0.1) is 0 Å². The van der Waals surface area contributed by atoms with Crippen LogP contribution in [0.4, 0.5) is 30.2 Å². The van der Waals surface area contributed by atoms with Crippen molar-refractivity contribution in [2.45, 2.75) is 20.0 Å². The van der Waals surface area contributed by atoms with Crippen molar-refractivity contribution >= 4 is 28.7 Å². The second-order valence-electron chi connectivity index (χ2n) is 8.04. The number of nitrogens with zero attached hydrogens (tertiary/aromatic N) is 3. The van der Waals surface area contributed by atoms with Crippen LogP contribution in [0.1, 0.15) is 25.0 Å². The molecule has 5 nitrogen and oxygen atoms in total. The van der Waals surface area contributed by atoms with Gasteiger partial charge in [0.1, 0.15) is 18.1 Å². The van der Waals surface area contributed by atoms with Crippen LogP contribution in [0.15, 0.2) is 77.8 Å². The molecular weight excluding hydrogens is 455 g/mol. The van der Waals surface area contributed by atoms with Crippen molar-refractivity contribution in [2.75, 3.05) is 31.1 Å². The molecule has 0 aliphatic carbocycles. The lowest BCUT2D eigenvalue weighted by atomic mass is 10.1. The highest BCUT2D eigenvalue weighted by molar-refractivity contribution is 6.56. The third kappa shape index (κ3) is 5.38. The molecule has 1 aliphatic rings. The number of carbonyl (C=O) groups excluding carboxylic acids is 1. The van der Waals surface area contributed by atoms with E-state index in [1.54, 1.807) is 48.5 Å². The highest BCUT2D eigenvalue weighted by Gasteiger charge is 2.35. The summed E-state index contributed by atoms with van der Waals surface area (Å²) in [7, 11) is 0. The number of anilines is 2. The minimum absolute atomic E-state index is 0.0665. The molecule has 3 aromatic rings. The monoisotopic (exact) mass is 481 g/mol. The number of carbonyl (C=O) groups is 1. The van der Waals surface area contributed by atoms with Crippen molar-refractivity contribution in [3.63, 3.8) is 0 Å². The van der Waals surface area contributed by atoms with Crippen LogP contribution in [0.2, 0.25) is 0 Å². The van der Waals surface area contributed by atoms with Crippen molar-refractivity contribution in [3.05, 3.63) is 83.9 Å². The fourth-order valence-corrected chi connectivity index (χ4v) is 3.97. The molecule has 0 aromatic heterocycles. The van der Waals surface area contributed by atoms with E-state index in [-0.39, 0.29) is 11.4 Å². The van der Waals surface area contributed by atoms with Gasteiger partial charge in [-0.15, -0.1) is 0 Å². The van der Waals surface area contributed by atoms with Gasteiger partial charge in [0.25, 0.3) is 5.91 Å². The molecule has 8 heteroatoms. The van der Waals surface area contributed by atoms with E-state index in [9.17, 15) is 18.0 Å². The molecule has 1 amide bonds. The molecule has 35 heavy (non-hydrogen) atoms. The highest BCUT2D eigenvalue weighted by atomic mass is 19.4. The number of alkyl halides is 3. The summed E-state index contributed by atoms with van der Waals surface area (Å²) in [5, 5.41) is 0. The zero-order valence-electron chi connectivity index (χ0n) is 19.5. The Morgan fingerprint density at radius 2 is 1.66 bits per heavy atom. The number of rotatable bonds is 8. The molecule has 0 atom stereocenters. The van der Waals surface area contributed by atoms with Gasteiger partial charge < -0.3 is 9.64 Å². The summed E-state index contributed by atoms with van der Waals surface area (Å²) in [5.74, 6) is 0.289. The lowest BCUT2D eigenvalue weighted by Crippen LogP contribution is -2.28. The second-order valence-corrected chi connectivity index (χ2v) is 8.04. The maximum atomic E-state index is 13.4. The molecular formula is C27H26F3N3O2. The molecule has 1 heterocycles. The van der Waals surface area contributed by atoms with Crippen LogP contribution in [-0.2, 0) is 11.0 Å². The number of para-hydroxylation sites is 1. The Bertz CT molecular complexity index is 1220. The van der Waals surface area contributed by atoms with Gasteiger partial charge in [-0.2, -0.15) is 13.2 Å². The van der Waals surface area contributed by atoms with Crippen molar-refractivity contribution in [3.8, 4) is 5.75 Å². The summed E-state index contributed by atoms with van der Waals surface area (Å²) in [5.41, 5.74) is 1.16. The number of aliphatic imine (C=N–C) groups is 1. The molecule has 0 fully saturated rings. The van der Waals surface area contributed by atoms with E-state index >= 15 is 0 Å². The first kappa shape index (κ1) is 24.5. The SMILES string of the molecule is CCN(CC)CCOc1ccc(N2C(=O)C(=Nc3cccc(C(F)(F)F)c3)c3ccccc32)cc1. The first-order valence-corrected chi connectivity index (χ1v) is 11.5. The molecule has 0 radical (unpaired) electrons.